The summed E-state index contributed by atoms with van der Waals surface area (Å²) in [6, 6.07) is 9.20. The van der Waals surface area contributed by atoms with Crippen molar-refractivity contribution in [3.05, 3.63) is 59.9 Å². The lowest BCUT2D eigenvalue weighted by Gasteiger charge is -2.27. The second kappa shape index (κ2) is 8.86. The molecule has 1 atom stereocenters. The number of carbonyl (C=O) groups excluding carboxylic acids is 4. The molecule has 0 radical (unpaired) electrons. The number of anilines is 1. The first-order valence-electron chi connectivity index (χ1n) is 9.83. The van der Waals surface area contributed by atoms with Crippen molar-refractivity contribution in [1.82, 2.24) is 15.4 Å². The zero-order valence-electron chi connectivity index (χ0n) is 17.2. The fourth-order valence-corrected chi connectivity index (χ4v) is 3.25. The number of hydrogen-bond acceptors (Lipinski definition) is 5. The van der Waals surface area contributed by atoms with Gasteiger partial charge < -0.3 is 0 Å². The van der Waals surface area contributed by atoms with Crippen molar-refractivity contribution in [2.24, 2.45) is 0 Å². The first kappa shape index (κ1) is 21.2. The molecule has 0 saturated carbocycles. The van der Waals surface area contributed by atoms with Crippen molar-refractivity contribution < 1.29 is 19.2 Å². The van der Waals surface area contributed by atoms with Crippen LogP contribution in [0.25, 0.3) is 0 Å². The molecule has 2 aromatic rings. The van der Waals surface area contributed by atoms with E-state index in [1.165, 1.54) is 12.4 Å². The Morgan fingerprint density at radius 2 is 1.90 bits per heavy atom. The summed E-state index contributed by atoms with van der Waals surface area (Å²) in [7, 11) is 0. The maximum atomic E-state index is 13.1. The SMILES string of the molecule is CCC(=O)N(NC(=O)c1cccnc1)[C@@H]1CC(=O)N(c2ccc(C(C)C)cc2)C1=O. The van der Waals surface area contributed by atoms with Gasteiger partial charge in [-0.3, -0.25) is 29.6 Å². The molecule has 1 N–H and O–H groups in total. The van der Waals surface area contributed by atoms with Gasteiger partial charge in [-0.1, -0.05) is 32.9 Å². The largest absolute Gasteiger partial charge is 0.274 e. The standard InChI is InChI=1S/C22H24N4O4/c1-4-19(27)26(24-21(29)16-6-5-11-23-13-16)18-12-20(28)25(22(18)30)17-9-7-15(8-10-17)14(2)3/h5-11,13-14,18H,4,12H2,1-3H3,(H,24,29)/t18-/m1/s1. The van der Waals surface area contributed by atoms with E-state index >= 15 is 0 Å². The normalized spacial score (nSPS) is 16.1. The lowest BCUT2D eigenvalue weighted by molar-refractivity contribution is -0.140. The van der Waals surface area contributed by atoms with Gasteiger partial charge in [-0.25, -0.2) is 9.91 Å². The van der Waals surface area contributed by atoms with Crippen LogP contribution in [0.15, 0.2) is 48.8 Å². The van der Waals surface area contributed by atoms with Crippen LogP contribution < -0.4 is 10.3 Å². The van der Waals surface area contributed by atoms with Gasteiger partial charge in [-0.15, -0.1) is 0 Å². The highest BCUT2D eigenvalue weighted by atomic mass is 16.2. The molecular formula is C22H24N4O4. The first-order valence-corrected chi connectivity index (χ1v) is 9.83. The van der Waals surface area contributed by atoms with Crippen LogP contribution in [-0.4, -0.2) is 39.7 Å². The number of pyridine rings is 1. The Morgan fingerprint density at radius 3 is 2.47 bits per heavy atom. The van der Waals surface area contributed by atoms with Crippen molar-refractivity contribution in [2.45, 2.75) is 45.6 Å². The second-order valence-corrected chi connectivity index (χ2v) is 7.33. The lowest BCUT2D eigenvalue weighted by Crippen LogP contribution is -2.54. The number of rotatable bonds is 5. The fourth-order valence-electron chi connectivity index (χ4n) is 3.25. The zero-order chi connectivity index (χ0) is 21.8. The monoisotopic (exact) mass is 408 g/mol. The lowest BCUT2D eigenvalue weighted by atomic mass is 10.0. The number of hydrazine groups is 1. The van der Waals surface area contributed by atoms with Crippen LogP contribution in [0.4, 0.5) is 5.69 Å². The molecule has 8 heteroatoms. The predicted molar refractivity (Wildman–Crippen MR) is 110 cm³/mol. The van der Waals surface area contributed by atoms with E-state index in [1.54, 1.807) is 31.2 Å². The summed E-state index contributed by atoms with van der Waals surface area (Å²) in [5, 5.41) is 0.970. The summed E-state index contributed by atoms with van der Waals surface area (Å²) in [5.41, 5.74) is 4.25. The van der Waals surface area contributed by atoms with E-state index in [9.17, 15) is 19.2 Å². The maximum Gasteiger partial charge on any atom is 0.271 e. The van der Waals surface area contributed by atoms with E-state index in [1.807, 2.05) is 12.1 Å². The Bertz CT molecular complexity index is 957. The maximum absolute atomic E-state index is 13.1. The van der Waals surface area contributed by atoms with E-state index in [0.717, 1.165) is 15.5 Å². The van der Waals surface area contributed by atoms with Crippen LogP contribution in [0, 0.1) is 0 Å². The van der Waals surface area contributed by atoms with Gasteiger partial charge in [0.2, 0.25) is 11.8 Å². The molecule has 1 aliphatic heterocycles. The van der Waals surface area contributed by atoms with Crippen molar-refractivity contribution in [3.8, 4) is 0 Å². The first-order chi connectivity index (χ1) is 14.3. The van der Waals surface area contributed by atoms with Crippen LogP contribution in [-0.2, 0) is 14.4 Å². The topological polar surface area (TPSA) is 99.7 Å². The predicted octanol–water partition coefficient (Wildman–Crippen LogP) is 2.42. The third-order valence-electron chi connectivity index (χ3n) is 4.97. The van der Waals surface area contributed by atoms with E-state index in [4.69, 9.17) is 0 Å². The second-order valence-electron chi connectivity index (χ2n) is 7.33. The van der Waals surface area contributed by atoms with Crippen molar-refractivity contribution in [1.29, 1.82) is 0 Å². The molecule has 0 aliphatic carbocycles. The van der Waals surface area contributed by atoms with Crippen molar-refractivity contribution in [3.63, 3.8) is 0 Å². The van der Waals surface area contributed by atoms with Crippen LogP contribution in [0.3, 0.4) is 0 Å². The average Bonchev–Trinajstić information content (AvgIpc) is 3.05. The van der Waals surface area contributed by atoms with Gasteiger partial charge in [0.1, 0.15) is 6.04 Å². The molecule has 1 aliphatic rings. The highest BCUT2D eigenvalue weighted by Gasteiger charge is 2.45. The van der Waals surface area contributed by atoms with Gasteiger partial charge in [-0.2, -0.15) is 0 Å². The minimum absolute atomic E-state index is 0.0639. The summed E-state index contributed by atoms with van der Waals surface area (Å²) >= 11 is 0. The Morgan fingerprint density at radius 1 is 1.20 bits per heavy atom. The molecule has 0 unspecified atom stereocenters. The number of benzene rings is 1. The molecule has 4 amide bonds. The van der Waals surface area contributed by atoms with E-state index in [0.29, 0.717) is 11.6 Å². The summed E-state index contributed by atoms with van der Waals surface area (Å²) in [6.45, 7) is 5.72. The van der Waals surface area contributed by atoms with Gasteiger partial charge in [0.25, 0.3) is 11.8 Å². The molecule has 30 heavy (non-hydrogen) atoms. The summed E-state index contributed by atoms with van der Waals surface area (Å²) < 4.78 is 0. The average molecular weight is 408 g/mol. The van der Waals surface area contributed by atoms with Gasteiger partial charge in [0.05, 0.1) is 17.7 Å². The number of carbonyl (C=O) groups is 4. The molecule has 0 bridgehead atoms. The number of imide groups is 1. The number of hydrogen-bond donors (Lipinski definition) is 1. The van der Waals surface area contributed by atoms with Gasteiger partial charge in [0.15, 0.2) is 0 Å². The minimum atomic E-state index is -1.10. The number of amides is 4. The van der Waals surface area contributed by atoms with Crippen molar-refractivity contribution >= 4 is 29.3 Å². The minimum Gasteiger partial charge on any atom is -0.274 e. The van der Waals surface area contributed by atoms with E-state index in [-0.39, 0.29) is 18.4 Å². The van der Waals surface area contributed by atoms with Gasteiger partial charge in [-0.05, 0) is 35.7 Å². The third kappa shape index (κ3) is 4.22. The smallest absolute Gasteiger partial charge is 0.271 e. The molecule has 3 rings (SSSR count). The van der Waals surface area contributed by atoms with Crippen LogP contribution >= 0.6 is 0 Å². The molecule has 156 valence electrons. The molecule has 0 spiro atoms. The van der Waals surface area contributed by atoms with E-state index < -0.39 is 29.7 Å². The molecule has 1 aromatic carbocycles. The molecule has 2 heterocycles. The molecule has 1 aromatic heterocycles. The zero-order valence-corrected chi connectivity index (χ0v) is 17.2. The quantitative estimate of drug-likeness (QED) is 0.605. The molecule has 8 nitrogen and oxygen atoms in total. The van der Waals surface area contributed by atoms with E-state index in [2.05, 4.69) is 24.3 Å². The molecule has 1 fully saturated rings. The number of nitrogens with zero attached hydrogens (tertiary/aromatic N) is 3. The Kier molecular flexibility index (Phi) is 6.25. The third-order valence-corrected chi connectivity index (χ3v) is 4.97. The Hall–Kier alpha value is -3.55. The van der Waals surface area contributed by atoms with Gasteiger partial charge >= 0.3 is 0 Å². The van der Waals surface area contributed by atoms with Crippen LogP contribution in [0.2, 0.25) is 0 Å². The summed E-state index contributed by atoms with van der Waals surface area (Å²) in [4.78, 5) is 55.7. The fraction of sp³-hybridized carbons (Fsp3) is 0.318. The Balaban J connectivity index is 1.84. The molecular weight excluding hydrogens is 384 g/mol. The highest BCUT2D eigenvalue weighted by molar-refractivity contribution is 6.23. The van der Waals surface area contributed by atoms with Crippen LogP contribution in [0.1, 0.15) is 55.5 Å². The van der Waals surface area contributed by atoms with Crippen molar-refractivity contribution in [2.75, 3.05) is 4.90 Å². The van der Waals surface area contributed by atoms with Crippen LogP contribution in [0.5, 0.6) is 0 Å². The Labute approximate surface area is 174 Å². The summed E-state index contributed by atoms with van der Waals surface area (Å²) in [5.74, 6) is -1.70. The number of nitrogens with one attached hydrogen (secondary N) is 1. The summed E-state index contributed by atoms with van der Waals surface area (Å²) in [6.07, 6.45) is 2.74. The molecule has 1 saturated heterocycles. The van der Waals surface area contributed by atoms with Gasteiger partial charge in [0, 0.05) is 18.8 Å². The number of aromatic nitrogens is 1. The highest BCUT2D eigenvalue weighted by Crippen LogP contribution is 2.27.